The minimum atomic E-state index is -0.799. The molecule has 1 rings (SSSR count). The van der Waals surface area contributed by atoms with Gasteiger partial charge in [0, 0.05) is 25.6 Å². The van der Waals surface area contributed by atoms with E-state index < -0.39 is 5.60 Å². The lowest BCUT2D eigenvalue weighted by molar-refractivity contribution is -0.142. The van der Waals surface area contributed by atoms with Crippen molar-refractivity contribution in [2.24, 2.45) is 5.92 Å². The van der Waals surface area contributed by atoms with Crippen LogP contribution in [-0.4, -0.2) is 49.0 Å². The van der Waals surface area contributed by atoms with E-state index in [-0.39, 0.29) is 17.9 Å². The van der Waals surface area contributed by atoms with Gasteiger partial charge in [0.25, 0.3) is 5.91 Å². The highest BCUT2D eigenvalue weighted by molar-refractivity contribution is 5.84. The number of aliphatic hydroxyl groups is 1. The first kappa shape index (κ1) is 14.4. The topological polar surface area (TPSA) is 70.6 Å². The Morgan fingerprint density at radius 3 is 2.88 bits per heavy atom. The van der Waals surface area contributed by atoms with Crippen molar-refractivity contribution in [3.05, 3.63) is 0 Å². The Morgan fingerprint density at radius 2 is 2.29 bits per heavy atom. The van der Waals surface area contributed by atoms with E-state index in [1.165, 1.54) is 0 Å². The summed E-state index contributed by atoms with van der Waals surface area (Å²) >= 11 is 0. The molecule has 100 valence electrons. The fourth-order valence-corrected chi connectivity index (χ4v) is 2.00. The second-order valence-corrected chi connectivity index (χ2v) is 4.97. The number of ether oxygens (including phenoxy) is 1. The molecular weight excluding hydrogens is 220 g/mol. The first-order chi connectivity index (χ1) is 7.97. The summed E-state index contributed by atoms with van der Waals surface area (Å²) in [6.45, 7) is 7.90. The smallest absolute Gasteiger partial charge is 0.251 e. The van der Waals surface area contributed by atoms with Gasteiger partial charge in [0.2, 0.25) is 0 Å². The van der Waals surface area contributed by atoms with Crippen molar-refractivity contribution in [2.75, 3.05) is 26.2 Å². The number of piperidine rings is 1. The highest BCUT2D eigenvalue weighted by Gasteiger charge is 2.29. The normalized spacial score (nSPS) is 25.6. The van der Waals surface area contributed by atoms with Crippen molar-refractivity contribution in [1.29, 1.82) is 0 Å². The molecular formula is C12H24N2O3. The molecule has 5 nitrogen and oxygen atoms in total. The number of rotatable bonds is 5. The molecule has 1 aliphatic heterocycles. The zero-order valence-electron chi connectivity index (χ0n) is 11.0. The molecule has 0 spiro atoms. The predicted molar refractivity (Wildman–Crippen MR) is 65.7 cm³/mol. The van der Waals surface area contributed by atoms with Gasteiger partial charge < -0.3 is 20.5 Å². The summed E-state index contributed by atoms with van der Waals surface area (Å²) in [5, 5.41) is 15.7. The molecule has 1 amide bonds. The van der Waals surface area contributed by atoms with Crippen LogP contribution in [0.15, 0.2) is 0 Å². The standard InChI is InChI=1S/C12H24N2O3/c1-4-17-12(2,3)11(16)14-7-9-5-6-13-8-10(9)15/h9-10,13,15H,4-8H2,1-3H3,(H,14,16)/t9-,10+/m0/s1. The van der Waals surface area contributed by atoms with E-state index >= 15 is 0 Å². The molecule has 0 bridgehead atoms. The van der Waals surface area contributed by atoms with Crippen molar-refractivity contribution >= 4 is 5.91 Å². The number of amides is 1. The third-order valence-corrected chi connectivity index (χ3v) is 3.17. The molecule has 1 fully saturated rings. The minimum absolute atomic E-state index is 0.120. The lowest BCUT2D eigenvalue weighted by Gasteiger charge is -2.30. The van der Waals surface area contributed by atoms with Crippen LogP contribution in [0.3, 0.4) is 0 Å². The van der Waals surface area contributed by atoms with Gasteiger partial charge in [-0.1, -0.05) is 0 Å². The van der Waals surface area contributed by atoms with Gasteiger partial charge in [-0.05, 0) is 33.7 Å². The second kappa shape index (κ2) is 6.33. The van der Waals surface area contributed by atoms with Crippen LogP contribution in [0, 0.1) is 5.92 Å². The van der Waals surface area contributed by atoms with E-state index in [2.05, 4.69) is 10.6 Å². The maximum atomic E-state index is 11.9. The fourth-order valence-electron chi connectivity index (χ4n) is 2.00. The van der Waals surface area contributed by atoms with Crippen LogP contribution >= 0.6 is 0 Å². The fraction of sp³-hybridized carbons (Fsp3) is 0.917. The number of carbonyl (C=O) groups is 1. The Hall–Kier alpha value is -0.650. The van der Waals surface area contributed by atoms with Crippen LogP contribution in [0.2, 0.25) is 0 Å². The maximum Gasteiger partial charge on any atom is 0.251 e. The number of carbonyl (C=O) groups excluding carboxylic acids is 1. The van der Waals surface area contributed by atoms with Crippen molar-refractivity contribution in [3.8, 4) is 0 Å². The Morgan fingerprint density at radius 1 is 1.59 bits per heavy atom. The zero-order chi connectivity index (χ0) is 12.9. The van der Waals surface area contributed by atoms with Gasteiger partial charge >= 0.3 is 0 Å². The van der Waals surface area contributed by atoms with Gasteiger partial charge in [-0.15, -0.1) is 0 Å². The zero-order valence-corrected chi connectivity index (χ0v) is 11.0. The van der Waals surface area contributed by atoms with Gasteiger partial charge in [0.15, 0.2) is 0 Å². The monoisotopic (exact) mass is 244 g/mol. The average Bonchev–Trinajstić information content (AvgIpc) is 2.27. The van der Waals surface area contributed by atoms with Gasteiger partial charge in [-0.3, -0.25) is 4.79 Å². The number of β-amino-alcohol motifs (C(OH)–C–C–N with tert-alkyl or cyclic N) is 1. The summed E-state index contributed by atoms with van der Waals surface area (Å²) in [4.78, 5) is 11.9. The van der Waals surface area contributed by atoms with Gasteiger partial charge in [0.1, 0.15) is 5.60 Å². The molecule has 0 aromatic rings. The Kier molecular flexibility index (Phi) is 5.36. The number of hydrogen-bond donors (Lipinski definition) is 3. The van der Waals surface area contributed by atoms with Crippen molar-refractivity contribution < 1.29 is 14.6 Å². The summed E-state index contributed by atoms with van der Waals surface area (Å²) in [5.74, 6) is 0.0164. The molecule has 3 N–H and O–H groups in total. The van der Waals surface area contributed by atoms with Gasteiger partial charge in [-0.25, -0.2) is 0 Å². The average molecular weight is 244 g/mol. The first-order valence-electron chi connectivity index (χ1n) is 6.28. The Labute approximate surface area is 103 Å². The quantitative estimate of drug-likeness (QED) is 0.631. The second-order valence-electron chi connectivity index (χ2n) is 4.97. The van der Waals surface area contributed by atoms with Crippen LogP contribution in [0.5, 0.6) is 0 Å². The summed E-state index contributed by atoms with van der Waals surface area (Å²) < 4.78 is 5.37. The molecule has 5 heteroatoms. The van der Waals surface area contributed by atoms with Crippen LogP contribution in [0.25, 0.3) is 0 Å². The molecule has 0 aromatic heterocycles. The molecule has 0 saturated carbocycles. The molecule has 17 heavy (non-hydrogen) atoms. The molecule has 2 atom stereocenters. The first-order valence-corrected chi connectivity index (χ1v) is 6.28. The highest BCUT2D eigenvalue weighted by Crippen LogP contribution is 2.13. The largest absolute Gasteiger partial charge is 0.391 e. The van der Waals surface area contributed by atoms with Crippen molar-refractivity contribution in [1.82, 2.24) is 10.6 Å². The van der Waals surface area contributed by atoms with Gasteiger partial charge in [-0.2, -0.15) is 0 Å². The summed E-state index contributed by atoms with van der Waals surface area (Å²) in [6.07, 6.45) is 0.510. The van der Waals surface area contributed by atoms with Crippen LogP contribution in [-0.2, 0) is 9.53 Å². The third kappa shape index (κ3) is 4.26. The van der Waals surface area contributed by atoms with Crippen molar-refractivity contribution in [2.45, 2.75) is 38.9 Å². The number of nitrogens with one attached hydrogen (secondary N) is 2. The summed E-state index contributed by atoms with van der Waals surface area (Å²) in [5.41, 5.74) is -0.799. The van der Waals surface area contributed by atoms with Crippen LogP contribution < -0.4 is 10.6 Å². The van der Waals surface area contributed by atoms with E-state index in [0.29, 0.717) is 19.7 Å². The minimum Gasteiger partial charge on any atom is -0.391 e. The third-order valence-electron chi connectivity index (χ3n) is 3.17. The van der Waals surface area contributed by atoms with E-state index in [1.54, 1.807) is 13.8 Å². The molecule has 0 aliphatic carbocycles. The lowest BCUT2D eigenvalue weighted by Crippen LogP contribution is -2.50. The van der Waals surface area contributed by atoms with E-state index in [9.17, 15) is 9.90 Å². The van der Waals surface area contributed by atoms with E-state index in [4.69, 9.17) is 4.74 Å². The van der Waals surface area contributed by atoms with Crippen molar-refractivity contribution in [3.63, 3.8) is 0 Å². The highest BCUT2D eigenvalue weighted by atomic mass is 16.5. The predicted octanol–water partition coefficient (Wildman–Crippen LogP) is -0.112. The molecule has 1 aliphatic rings. The van der Waals surface area contributed by atoms with E-state index in [0.717, 1.165) is 13.0 Å². The molecule has 1 heterocycles. The maximum absolute atomic E-state index is 11.9. The van der Waals surface area contributed by atoms with Crippen LogP contribution in [0.1, 0.15) is 27.2 Å². The van der Waals surface area contributed by atoms with Crippen LogP contribution in [0.4, 0.5) is 0 Å². The molecule has 0 radical (unpaired) electrons. The Balaban J connectivity index is 2.36. The summed E-state index contributed by atoms with van der Waals surface area (Å²) in [7, 11) is 0. The summed E-state index contributed by atoms with van der Waals surface area (Å²) in [6, 6.07) is 0. The van der Waals surface area contributed by atoms with E-state index in [1.807, 2.05) is 6.92 Å². The SMILES string of the molecule is CCOC(C)(C)C(=O)NC[C@@H]1CCNC[C@H]1O. The lowest BCUT2D eigenvalue weighted by atomic mass is 9.95. The molecule has 0 unspecified atom stereocenters. The van der Waals surface area contributed by atoms with Gasteiger partial charge in [0.05, 0.1) is 6.10 Å². The molecule has 1 saturated heterocycles. The molecule has 0 aromatic carbocycles. The Bertz CT molecular complexity index is 256. The number of hydrogen-bond acceptors (Lipinski definition) is 4. The number of aliphatic hydroxyl groups excluding tert-OH is 1.